The lowest BCUT2D eigenvalue weighted by atomic mass is 9.82. The van der Waals surface area contributed by atoms with Gasteiger partial charge in [0.25, 0.3) is 0 Å². The molecule has 0 N–H and O–H groups in total. The van der Waals surface area contributed by atoms with Gasteiger partial charge in [0.1, 0.15) is 0 Å². The summed E-state index contributed by atoms with van der Waals surface area (Å²) < 4.78 is 13.1. The Bertz CT molecular complexity index is 2260. The minimum absolute atomic E-state index is 0.103. The van der Waals surface area contributed by atoms with E-state index in [0.717, 1.165) is 44.9 Å². The van der Waals surface area contributed by atoms with Crippen molar-refractivity contribution in [2.75, 3.05) is 0 Å². The molecule has 9 rings (SSSR count). The van der Waals surface area contributed by atoms with Crippen molar-refractivity contribution in [2.24, 2.45) is 0 Å². The molecule has 2 aliphatic rings. The number of aromatic nitrogens is 3. The Morgan fingerprint density at radius 3 is 1.62 bits per heavy atom. The zero-order chi connectivity index (χ0) is 31.5. The quantitative estimate of drug-likeness (QED) is 0.199. The van der Waals surface area contributed by atoms with Crippen molar-refractivity contribution in [3.05, 3.63) is 151 Å². The van der Waals surface area contributed by atoms with Crippen LogP contribution in [0.25, 0.3) is 56.4 Å². The summed E-state index contributed by atoms with van der Waals surface area (Å²) >= 11 is 0. The van der Waals surface area contributed by atoms with E-state index in [1.165, 1.54) is 16.7 Å². The number of fused-ring (bicyclic) bond motifs is 6. The van der Waals surface area contributed by atoms with E-state index in [4.69, 9.17) is 24.4 Å². The van der Waals surface area contributed by atoms with Gasteiger partial charge in [0.15, 0.2) is 40.5 Å². The van der Waals surface area contributed by atoms with Crippen molar-refractivity contribution >= 4 is 0 Å². The van der Waals surface area contributed by atoms with Gasteiger partial charge in [0.2, 0.25) is 0 Å². The van der Waals surface area contributed by atoms with Gasteiger partial charge in [-0.25, -0.2) is 15.0 Å². The molecule has 0 amide bonds. The van der Waals surface area contributed by atoms with Crippen LogP contribution >= 0.6 is 0 Å². The van der Waals surface area contributed by atoms with Gasteiger partial charge in [0.05, 0.1) is 0 Å². The highest BCUT2D eigenvalue weighted by Gasteiger charge is 2.39. The molecule has 6 aromatic carbocycles. The number of hydrogen-bond donors (Lipinski definition) is 0. The molecule has 0 radical (unpaired) electrons. The maximum Gasteiger partial charge on any atom is 0.178 e. The second-order valence-corrected chi connectivity index (χ2v) is 12.5. The first-order valence-electron chi connectivity index (χ1n) is 15.8. The lowest BCUT2D eigenvalue weighted by molar-refractivity contribution is 0.360. The van der Waals surface area contributed by atoms with E-state index in [1.54, 1.807) is 0 Å². The Labute approximate surface area is 273 Å². The van der Waals surface area contributed by atoms with Gasteiger partial charge in [-0.15, -0.1) is 0 Å². The van der Waals surface area contributed by atoms with Gasteiger partial charge in [-0.05, 0) is 46.0 Å². The molecule has 0 bridgehead atoms. The molecular formula is C42H29N3O2. The molecule has 5 nitrogen and oxygen atoms in total. The van der Waals surface area contributed by atoms with Crippen molar-refractivity contribution in [1.29, 1.82) is 0 Å². The summed E-state index contributed by atoms with van der Waals surface area (Å²) in [5, 5.41) is 0. The van der Waals surface area contributed by atoms with Gasteiger partial charge < -0.3 is 9.47 Å². The van der Waals surface area contributed by atoms with Gasteiger partial charge in [-0.2, -0.15) is 0 Å². The van der Waals surface area contributed by atoms with E-state index >= 15 is 0 Å². The van der Waals surface area contributed by atoms with E-state index in [-0.39, 0.29) is 5.41 Å². The molecule has 7 aromatic rings. The van der Waals surface area contributed by atoms with E-state index in [0.29, 0.717) is 29.0 Å². The summed E-state index contributed by atoms with van der Waals surface area (Å²) in [4.78, 5) is 14.6. The fourth-order valence-corrected chi connectivity index (χ4v) is 6.75. The summed E-state index contributed by atoms with van der Waals surface area (Å²) in [6.45, 7) is 4.54. The first-order valence-corrected chi connectivity index (χ1v) is 15.8. The minimum Gasteiger partial charge on any atom is -0.449 e. The highest BCUT2D eigenvalue weighted by molar-refractivity contribution is 5.88. The molecule has 0 spiro atoms. The molecule has 0 saturated heterocycles. The predicted octanol–water partition coefficient (Wildman–Crippen LogP) is 10.7. The number of nitrogens with zero attached hydrogens (tertiary/aromatic N) is 3. The monoisotopic (exact) mass is 607 g/mol. The highest BCUT2D eigenvalue weighted by atomic mass is 16.6. The summed E-state index contributed by atoms with van der Waals surface area (Å²) in [5.74, 6) is 4.83. The third-order valence-electron chi connectivity index (χ3n) is 9.22. The lowest BCUT2D eigenvalue weighted by Gasteiger charge is -2.25. The molecular weight excluding hydrogens is 578 g/mol. The first-order chi connectivity index (χ1) is 23.0. The highest BCUT2D eigenvalue weighted by Crippen LogP contribution is 2.58. The summed E-state index contributed by atoms with van der Waals surface area (Å²) in [5.41, 5.74) is 9.67. The van der Waals surface area contributed by atoms with Crippen molar-refractivity contribution in [3.63, 3.8) is 0 Å². The van der Waals surface area contributed by atoms with Crippen LogP contribution in [0.5, 0.6) is 23.0 Å². The molecule has 0 unspecified atom stereocenters. The molecule has 224 valence electrons. The van der Waals surface area contributed by atoms with Crippen LogP contribution in [0.3, 0.4) is 0 Å². The van der Waals surface area contributed by atoms with Gasteiger partial charge in [-0.1, -0.05) is 135 Å². The lowest BCUT2D eigenvalue weighted by Crippen LogP contribution is -2.15. The number of rotatable bonds is 4. The fraction of sp³-hybridized carbons (Fsp3) is 0.0714. The topological polar surface area (TPSA) is 57.1 Å². The Hall–Kier alpha value is -6.07. The first kappa shape index (κ1) is 27.3. The summed E-state index contributed by atoms with van der Waals surface area (Å²) in [6.07, 6.45) is 0. The summed E-state index contributed by atoms with van der Waals surface area (Å²) in [6, 6.07) is 47.2. The normalized spacial score (nSPS) is 13.4. The van der Waals surface area contributed by atoms with Crippen LogP contribution in [0.2, 0.25) is 0 Å². The van der Waals surface area contributed by atoms with Crippen molar-refractivity contribution < 1.29 is 9.47 Å². The van der Waals surface area contributed by atoms with Crippen LogP contribution in [-0.2, 0) is 5.41 Å². The molecule has 47 heavy (non-hydrogen) atoms. The van der Waals surface area contributed by atoms with Crippen LogP contribution in [0, 0.1) is 0 Å². The van der Waals surface area contributed by atoms with E-state index in [9.17, 15) is 0 Å². The van der Waals surface area contributed by atoms with Gasteiger partial charge >= 0.3 is 0 Å². The fourth-order valence-electron chi connectivity index (χ4n) is 6.75. The zero-order valence-corrected chi connectivity index (χ0v) is 25.9. The molecule has 2 heterocycles. The standard InChI is InChI=1S/C42H29N3O2/c1-42(2)32-16-10-9-15-31(32)37-33(42)22-24-35-38(37)47-34-23-21-30(25-36(34)46-35)26-17-19-29(20-18-26)41-44-39(27-11-5-3-6-12-27)43-40(45-41)28-13-7-4-8-14-28/h3-25H,1-2H3. The van der Waals surface area contributed by atoms with Crippen molar-refractivity contribution in [1.82, 2.24) is 15.0 Å². The third kappa shape index (κ3) is 4.50. The van der Waals surface area contributed by atoms with Crippen LogP contribution in [0.1, 0.15) is 25.0 Å². The summed E-state index contributed by atoms with van der Waals surface area (Å²) in [7, 11) is 0. The Morgan fingerprint density at radius 1 is 0.426 bits per heavy atom. The minimum atomic E-state index is -0.103. The second-order valence-electron chi connectivity index (χ2n) is 12.5. The third-order valence-corrected chi connectivity index (χ3v) is 9.22. The second kappa shape index (κ2) is 10.5. The molecule has 1 aromatic heterocycles. The maximum atomic E-state index is 6.59. The van der Waals surface area contributed by atoms with Crippen LogP contribution in [0.4, 0.5) is 0 Å². The average molecular weight is 608 g/mol. The maximum absolute atomic E-state index is 6.59. The van der Waals surface area contributed by atoms with Crippen LogP contribution < -0.4 is 9.47 Å². The smallest absolute Gasteiger partial charge is 0.178 e. The molecule has 1 aliphatic carbocycles. The molecule has 5 heteroatoms. The number of benzene rings is 6. The van der Waals surface area contributed by atoms with Crippen molar-refractivity contribution in [2.45, 2.75) is 19.3 Å². The average Bonchev–Trinajstić information content (AvgIpc) is 3.37. The Balaban J connectivity index is 1.04. The molecule has 0 saturated carbocycles. The molecule has 1 aliphatic heterocycles. The van der Waals surface area contributed by atoms with E-state index in [2.05, 4.69) is 74.5 Å². The van der Waals surface area contributed by atoms with Crippen molar-refractivity contribution in [3.8, 4) is 79.4 Å². The van der Waals surface area contributed by atoms with Crippen LogP contribution in [0.15, 0.2) is 140 Å². The Morgan fingerprint density at radius 2 is 0.957 bits per heavy atom. The predicted molar refractivity (Wildman–Crippen MR) is 186 cm³/mol. The van der Waals surface area contributed by atoms with Crippen LogP contribution in [-0.4, -0.2) is 15.0 Å². The van der Waals surface area contributed by atoms with E-state index < -0.39 is 0 Å². The largest absolute Gasteiger partial charge is 0.449 e. The zero-order valence-electron chi connectivity index (χ0n) is 25.9. The van der Waals surface area contributed by atoms with Gasteiger partial charge in [-0.3, -0.25) is 0 Å². The van der Waals surface area contributed by atoms with Gasteiger partial charge in [0, 0.05) is 27.7 Å². The number of hydrogen-bond acceptors (Lipinski definition) is 5. The molecule has 0 atom stereocenters. The van der Waals surface area contributed by atoms with E-state index in [1.807, 2.05) is 78.9 Å². The Kier molecular flexibility index (Phi) is 6.09. The SMILES string of the molecule is CC1(C)c2ccccc2-c2c1ccc1c2Oc2ccc(-c3ccc(-c4nc(-c5ccccc5)nc(-c5ccccc5)n4)cc3)cc2O1. The number of ether oxygens (including phenoxy) is 2. The molecule has 0 fully saturated rings.